The SMILES string of the molecule is O=C(NCc1ccccc1)[C@H]1CC(=O)N([C@H]2CCS(=O)(=O)C2)C1. The Balaban J connectivity index is 1.56. The first-order valence-corrected chi connectivity index (χ1v) is 9.58. The topological polar surface area (TPSA) is 83.6 Å². The molecule has 0 radical (unpaired) electrons. The number of rotatable bonds is 4. The average molecular weight is 336 g/mol. The van der Waals surface area contributed by atoms with E-state index in [0.717, 1.165) is 5.56 Å². The molecule has 3 rings (SSSR count). The van der Waals surface area contributed by atoms with Crippen LogP contribution >= 0.6 is 0 Å². The lowest BCUT2D eigenvalue weighted by molar-refractivity contribution is -0.130. The molecular formula is C16H20N2O4S. The maximum absolute atomic E-state index is 12.2. The fourth-order valence-corrected chi connectivity index (χ4v) is 4.94. The molecule has 1 aromatic carbocycles. The number of carbonyl (C=O) groups is 2. The summed E-state index contributed by atoms with van der Waals surface area (Å²) < 4.78 is 23.1. The van der Waals surface area contributed by atoms with Crippen molar-refractivity contribution in [1.82, 2.24) is 10.2 Å². The fraction of sp³-hybridized carbons (Fsp3) is 0.500. The smallest absolute Gasteiger partial charge is 0.225 e. The van der Waals surface area contributed by atoms with E-state index in [-0.39, 0.29) is 35.8 Å². The summed E-state index contributed by atoms with van der Waals surface area (Å²) in [5.74, 6) is -0.504. The Morgan fingerprint density at radius 2 is 2.00 bits per heavy atom. The summed E-state index contributed by atoms with van der Waals surface area (Å²) in [5.41, 5.74) is 1.00. The number of hydrogen-bond donors (Lipinski definition) is 1. The van der Waals surface area contributed by atoms with E-state index in [2.05, 4.69) is 5.32 Å². The van der Waals surface area contributed by atoms with Gasteiger partial charge in [-0.05, 0) is 12.0 Å². The summed E-state index contributed by atoms with van der Waals surface area (Å²) in [6.45, 7) is 0.752. The molecular weight excluding hydrogens is 316 g/mol. The third kappa shape index (κ3) is 3.72. The summed E-state index contributed by atoms with van der Waals surface area (Å²) in [6, 6.07) is 9.31. The maximum Gasteiger partial charge on any atom is 0.225 e. The number of benzene rings is 1. The zero-order valence-corrected chi connectivity index (χ0v) is 13.6. The summed E-state index contributed by atoms with van der Waals surface area (Å²) in [4.78, 5) is 25.9. The van der Waals surface area contributed by atoms with Crippen LogP contribution in [0.1, 0.15) is 18.4 Å². The summed E-state index contributed by atoms with van der Waals surface area (Å²) in [7, 11) is -3.03. The molecule has 0 aromatic heterocycles. The first-order valence-electron chi connectivity index (χ1n) is 7.76. The summed E-state index contributed by atoms with van der Waals surface area (Å²) in [5, 5.41) is 2.85. The molecule has 2 aliphatic rings. The summed E-state index contributed by atoms with van der Waals surface area (Å²) >= 11 is 0. The lowest BCUT2D eigenvalue weighted by Gasteiger charge is -2.22. The Morgan fingerprint density at radius 1 is 1.26 bits per heavy atom. The fourth-order valence-electron chi connectivity index (χ4n) is 3.21. The van der Waals surface area contributed by atoms with Gasteiger partial charge >= 0.3 is 0 Å². The van der Waals surface area contributed by atoms with E-state index in [1.807, 2.05) is 30.3 Å². The molecule has 0 saturated carbocycles. The van der Waals surface area contributed by atoms with Gasteiger partial charge in [0.25, 0.3) is 0 Å². The van der Waals surface area contributed by atoms with Gasteiger partial charge in [-0.2, -0.15) is 0 Å². The van der Waals surface area contributed by atoms with Crippen molar-refractivity contribution >= 4 is 21.7 Å². The van der Waals surface area contributed by atoms with Gasteiger partial charge in [-0.15, -0.1) is 0 Å². The van der Waals surface area contributed by atoms with Gasteiger partial charge < -0.3 is 10.2 Å². The van der Waals surface area contributed by atoms with Gasteiger partial charge in [0.1, 0.15) is 0 Å². The predicted octanol–water partition coefficient (Wildman–Crippen LogP) is 0.338. The molecule has 2 amide bonds. The van der Waals surface area contributed by atoms with Gasteiger partial charge in [-0.25, -0.2) is 8.42 Å². The third-order valence-electron chi connectivity index (χ3n) is 4.49. The molecule has 0 aliphatic carbocycles. The minimum absolute atomic E-state index is 0.0249. The normalized spacial score (nSPS) is 26.4. The van der Waals surface area contributed by atoms with Crippen LogP contribution in [0.2, 0.25) is 0 Å². The molecule has 2 aliphatic heterocycles. The molecule has 2 atom stereocenters. The van der Waals surface area contributed by atoms with Gasteiger partial charge in [0.2, 0.25) is 11.8 Å². The molecule has 7 heteroatoms. The second kappa shape index (κ2) is 6.31. The lowest BCUT2D eigenvalue weighted by atomic mass is 10.1. The largest absolute Gasteiger partial charge is 0.352 e. The van der Waals surface area contributed by atoms with Gasteiger partial charge in [-0.3, -0.25) is 9.59 Å². The minimum Gasteiger partial charge on any atom is -0.352 e. The lowest BCUT2D eigenvalue weighted by Crippen LogP contribution is -2.39. The van der Waals surface area contributed by atoms with Crippen LogP contribution < -0.4 is 5.32 Å². The van der Waals surface area contributed by atoms with Crippen molar-refractivity contribution in [2.24, 2.45) is 5.92 Å². The second-order valence-corrected chi connectivity index (χ2v) is 8.44. The van der Waals surface area contributed by atoms with Crippen LogP contribution in [0.5, 0.6) is 0 Å². The van der Waals surface area contributed by atoms with Crippen molar-refractivity contribution in [3.05, 3.63) is 35.9 Å². The van der Waals surface area contributed by atoms with Gasteiger partial charge in [0.15, 0.2) is 9.84 Å². The van der Waals surface area contributed by atoms with Crippen molar-refractivity contribution < 1.29 is 18.0 Å². The van der Waals surface area contributed by atoms with Crippen molar-refractivity contribution in [3.8, 4) is 0 Å². The molecule has 0 spiro atoms. The first kappa shape index (κ1) is 16.0. The van der Waals surface area contributed by atoms with Crippen molar-refractivity contribution in [2.75, 3.05) is 18.1 Å². The van der Waals surface area contributed by atoms with Gasteiger partial charge in [-0.1, -0.05) is 30.3 Å². The number of carbonyl (C=O) groups excluding carboxylic acids is 2. The maximum atomic E-state index is 12.2. The van der Waals surface area contributed by atoms with Gasteiger partial charge in [0, 0.05) is 25.6 Å². The highest BCUT2D eigenvalue weighted by molar-refractivity contribution is 7.91. The standard InChI is InChI=1S/C16H20N2O4S/c19-15-8-13(10-18(15)14-6-7-23(21,22)11-14)16(20)17-9-12-4-2-1-3-5-12/h1-5,13-14H,6-11H2,(H,17,20)/t13-,14-/m0/s1. The van der Waals surface area contributed by atoms with Crippen LogP contribution in [-0.4, -0.2) is 49.2 Å². The summed E-state index contributed by atoms with van der Waals surface area (Å²) in [6.07, 6.45) is 0.642. The van der Waals surface area contributed by atoms with Crippen LogP contribution in [0, 0.1) is 5.92 Å². The van der Waals surface area contributed by atoms with E-state index in [4.69, 9.17) is 0 Å². The van der Waals surface area contributed by atoms with Crippen LogP contribution in [-0.2, 0) is 26.0 Å². The minimum atomic E-state index is -3.03. The number of likely N-dealkylation sites (tertiary alicyclic amines) is 1. The highest BCUT2D eigenvalue weighted by atomic mass is 32.2. The van der Waals surface area contributed by atoms with Gasteiger partial charge in [0.05, 0.1) is 17.4 Å². The molecule has 2 heterocycles. The molecule has 6 nitrogen and oxygen atoms in total. The highest BCUT2D eigenvalue weighted by Gasteiger charge is 2.41. The second-order valence-electron chi connectivity index (χ2n) is 6.21. The molecule has 0 unspecified atom stereocenters. The Hall–Kier alpha value is -1.89. The number of nitrogens with one attached hydrogen (secondary N) is 1. The molecule has 1 aromatic rings. The Labute approximate surface area is 135 Å². The number of amides is 2. The highest BCUT2D eigenvalue weighted by Crippen LogP contribution is 2.26. The molecule has 2 saturated heterocycles. The zero-order chi connectivity index (χ0) is 16.4. The van der Waals surface area contributed by atoms with E-state index in [0.29, 0.717) is 19.5 Å². The van der Waals surface area contributed by atoms with E-state index in [1.165, 1.54) is 0 Å². The molecule has 1 N–H and O–H groups in total. The molecule has 23 heavy (non-hydrogen) atoms. The predicted molar refractivity (Wildman–Crippen MR) is 85.2 cm³/mol. The van der Waals surface area contributed by atoms with Crippen molar-refractivity contribution in [2.45, 2.75) is 25.4 Å². The Morgan fingerprint density at radius 3 is 2.65 bits per heavy atom. The third-order valence-corrected chi connectivity index (χ3v) is 6.24. The van der Waals surface area contributed by atoms with Crippen LogP contribution in [0.3, 0.4) is 0 Å². The van der Waals surface area contributed by atoms with Crippen LogP contribution in [0.4, 0.5) is 0 Å². The Bertz CT molecular complexity index is 702. The van der Waals surface area contributed by atoms with E-state index >= 15 is 0 Å². The monoisotopic (exact) mass is 336 g/mol. The average Bonchev–Trinajstić information content (AvgIpc) is 3.08. The number of nitrogens with zero attached hydrogens (tertiary/aromatic N) is 1. The Kier molecular flexibility index (Phi) is 4.39. The first-order chi connectivity index (χ1) is 10.9. The van der Waals surface area contributed by atoms with Crippen LogP contribution in [0.15, 0.2) is 30.3 Å². The van der Waals surface area contributed by atoms with E-state index in [1.54, 1.807) is 4.90 Å². The quantitative estimate of drug-likeness (QED) is 0.859. The van der Waals surface area contributed by atoms with Crippen LogP contribution in [0.25, 0.3) is 0 Å². The van der Waals surface area contributed by atoms with E-state index < -0.39 is 15.8 Å². The molecule has 124 valence electrons. The molecule has 2 fully saturated rings. The molecule has 0 bridgehead atoms. The number of hydrogen-bond acceptors (Lipinski definition) is 4. The zero-order valence-electron chi connectivity index (χ0n) is 12.8. The van der Waals surface area contributed by atoms with Crippen molar-refractivity contribution in [3.63, 3.8) is 0 Å². The number of sulfone groups is 1. The van der Waals surface area contributed by atoms with Crippen molar-refractivity contribution in [1.29, 1.82) is 0 Å². The van der Waals surface area contributed by atoms with E-state index in [9.17, 15) is 18.0 Å².